The lowest BCUT2D eigenvalue weighted by Crippen LogP contribution is -2.33. The summed E-state index contributed by atoms with van der Waals surface area (Å²) in [5.74, 6) is -0.0761. The third-order valence-electron chi connectivity index (χ3n) is 3.14. The van der Waals surface area contributed by atoms with Gasteiger partial charge < -0.3 is 15.0 Å². The van der Waals surface area contributed by atoms with Gasteiger partial charge in [0.05, 0.1) is 11.0 Å². The number of hydrogen-bond acceptors (Lipinski definition) is 4. The van der Waals surface area contributed by atoms with Crippen LogP contribution in [0.5, 0.6) is 0 Å². The van der Waals surface area contributed by atoms with Crippen LogP contribution in [0.25, 0.3) is 11.0 Å². The van der Waals surface area contributed by atoms with Crippen molar-refractivity contribution in [2.24, 2.45) is 0 Å². The number of carbonyl (C=O) groups is 1. The third kappa shape index (κ3) is 2.22. The van der Waals surface area contributed by atoms with E-state index in [1.165, 1.54) is 0 Å². The number of piperidine rings is 1. The van der Waals surface area contributed by atoms with Crippen LogP contribution in [0.1, 0.15) is 23.5 Å². The molecule has 1 aromatic heterocycles. The first kappa shape index (κ1) is 11.2. The second-order valence-corrected chi connectivity index (χ2v) is 4.46. The number of aromatic amines is 1. The fourth-order valence-corrected chi connectivity index (χ4v) is 2.17. The molecule has 0 spiro atoms. The molecule has 0 radical (unpaired) electrons. The number of imidazole rings is 1. The maximum Gasteiger partial charge on any atom is 0.374 e. The average Bonchev–Trinajstić information content (AvgIpc) is 2.84. The fourth-order valence-electron chi connectivity index (χ4n) is 2.17. The molecule has 0 bridgehead atoms. The molecule has 1 aromatic carbocycles. The molecule has 0 amide bonds. The van der Waals surface area contributed by atoms with Crippen molar-refractivity contribution in [1.82, 2.24) is 15.3 Å². The van der Waals surface area contributed by atoms with E-state index in [1.807, 2.05) is 24.3 Å². The first-order valence-corrected chi connectivity index (χ1v) is 6.19. The molecule has 0 atom stereocenters. The molecule has 2 aromatic rings. The van der Waals surface area contributed by atoms with Gasteiger partial charge in [0.1, 0.15) is 6.10 Å². The van der Waals surface area contributed by atoms with Gasteiger partial charge in [-0.1, -0.05) is 12.1 Å². The predicted octanol–water partition coefficient (Wildman–Crippen LogP) is 1.47. The van der Waals surface area contributed by atoms with Gasteiger partial charge in [-0.2, -0.15) is 0 Å². The van der Waals surface area contributed by atoms with E-state index in [0.29, 0.717) is 0 Å². The number of H-pyrrole nitrogens is 1. The Hall–Kier alpha value is -1.88. The molecule has 0 unspecified atom stereocenters. The number of esters is 1. The molecule has 3 rings (SSSR count). The summed E-state index contributed by atoms with van der Waals surface area (Å²) in [5.41, 5.74) is 1.64. The molecule has 18 heavy (non-hydrogen) atoms. The van der Waals surface area contributed by atoms with E-state index in [2.05, 4.69) is 15.3 Å². The highest BCUT2D eigenvalue weighted by Crippen LogP contribution is 2.13. The van der Waals surface area contributed by atoms with Crippen molar-refractivity contribution in [1.29, 1.82) is 0 Å². The van der Waals surface area contributed by atoms with Crippen LogP contribution in [0, 0.1) is 0 Å². The van der Waals surface area contributed by atoms with Crippen molar-refractivity contribution in [2.75, 3.05) is 13.1 Å². The monoisotopic (exact) mass is 245 g/mol. The number of hydrogen-bond donors (Lipinski definition) is 2. The molecule has 2 N–H and O–H groups in total. The maximum absolute atomic E-state index is 11.9. The quantitative estimate of drug-likeness (QED) is 0.786. The number of rotatable bonds is 2. The Kier molecular flexibility index (Phi) is 2.98. The summed E-state index contributed by atoms with van der Waals surface area (Å²) < 4.78 is 5.43. The lowest BCUT2D eigenvalue weighted by atomic mass is 10.1. The van der Waals surface area contributed by atoms with Crippen molar-refractivity contribution in [3.05, 3.63) is 30.1 Å². The third-order valence-corrected chi connectivity index (χ3v) is 3.14. The fraction of sp³-hybridized carbons (Fsp3) is 0.385. The Balaban J connectivity index is 1.74. The van der Waals surface area contributed by atoms with E-state index in [9.17, 15) is 4.79 Å². The van der Waals surface area contributed by atoms with Crippen molar-refractivity contribution < 1.29 is 9.53 Å². The summed E-state index contributed by atoms with van der Waals surface area (Å²) in [6, 6.07) is 7.56. The van der Waals surface area contributed by atoms with Crippen molar-refractivity contribution >= 4 is 17.0 Å². The molecule has 0 aliphatic carbocycles. The van der Waals surface area contributed by atoms with Crippen LogP contribution in [0.2, 0.25) is 0 Å². The van der Waals surface area contributed by atoms with E-state index in [-0.39, 0.29) is 17.9 Å². The molecular formula is C13H15N3O2. The molecule has 1 aliphatic heterocycles. The lowest BCUT2D eigenvalue weighted by Gasteiger charge is -2.22. The van der Waals surface area contributed by atoms with Gasteiger partial charge in [-0.15, -0.1) is 0 Å². The van der Waals surface area contributed by atoms with Crippen molar-refractivity contribution in [3.63, 3.8) is 0 Å². The van der Waals surface area contributed by atoms with Gasteiger partial charge in [0, 0.05) is 0 Å². The Bertz CT molecular complexity index is 525. The van der Waals surface area contributed by atoms with Gasteiger partial charge in [-0.25, -0.2) is 9.78 Å². The number of fused-ring (bicyclic) bond motifs is 1. The summed E-state index contributed by atoms with van der Waals surface area (Å²) in [5, 5.41) is 3.23. The van der Waals surface area contributed by atoms with Crippen LogP contribution in [-0.2, 0) is 4.74 Å². The van der Waals surface area contributed by atoms with Gasteiger partial charge in [-0.05, 0) is 38.1 Å². The van der Waals surface area contributed by atoms with E-state index >= 15 is 0 Å². The molecule has 1 aliphatic rings. The second kappa shape index (κ2) is 4.78. The SMILES string of the molecule is O=C(OC1CCNCC1)c1nc2ccccc2[nH]1. The first-order valence-electron chi connectivity index (χ1n) is 6.19. The Morgan fingerprint density at radius 3 is 2.83 bits per heavy atom. The summed E-state index contributed by atoms with van der Waals surface area (Å²) >= 11 is 0. The predicted molar refractivity (Wildman–Crippen MR) is 67.4 cm³/mol. The average molecular weight is 245 g/mol. The zero-order valence-electron chi connectivity index (χ0n) is 9.98. The Labute approximate surface area is 105 Å². The van der Waals surface area contributed by atoms with Crippen molar-refractivity contribution in [3.8, 4) is 0 Å². The molecule has 2 heterocycles. The number of ether oxygens (including phenoxy) is 1. The molecule has 1 saturated heterocycles. The molecular weight excluding hydrogens is 230 g/mol. The number of nitrogens with zero attached hydrogens (tertiary/aromatic N) is 1. The highest BCUT2D eigenvalue weighted by Gasteiger charge is 2.20. The van der Waals surface area contributed by atoms with E-state index in [4.69, 9.17) is 4.74 Å². The molecule has 5 heteroatoms. The minimum atomic E-state index is -0.363. The van der Waals surface area contributed by atoms with Gasteiger partial charge in [0.25, 0.3) is 0 Å². The van der Waals surface area contributed by atoms with Crippen molar-refractivity contribution in [2.45, 2.75) is 18.9 Å². The van der Waals surface area contributed by atoms with E-state index < -0.39 is 0 Å². The minimum Gasteiger partial charge on any atom is -0.456 e. The van der Waals surface area contributed by atoms with Gasteiger partial charge in [0.2, 0.25) is 5.82 Å². The van der Waals surface area contributed by atoms with E-state index in [0.717, 1.165) is 37.0 Å². The number of benzene rings is 1. The van der Waals surface area contributed by atoms with Crippen LogP contribution in [0.3, 0.4) is 0 Å². The smallest absolute Gasteiger partial charge is 0.374 e. The van der Waals surface area contributed by atoms with Gasteiger partial charge in [-0.3, -0.25) is 0 Å². The zero-order valence-corrected chi connectivity index (χ0v) is 9.98. The summed E-state index contributed by atoms with van der Waals surface area (Å²) in [4.78, 5) is 19.2. The zero-order chi connectivity index (χ0) is 12.4. The first-order chi connectivity index (χ1) is 8.83. The van der Waals surface area contributed by atoms with Crippen LogP contribution < -0.4 is 5.32 Å². The van der Waals surface area contributed by atoms with E-state index in [1.54, 1.807) is 0 Å². The van der Waals surface area contributed by atoms with Gasteiger partial charge >= 0.3 is 5.97 Å². The Morgan fingerprint density at radius 1 is 1.28 bits per heavy atom. The van der Waals surface area contributed by atoms with Crippen LogP contribution in [0.15, 0.2) is 24.3 Å². The summed E-state index contributed by atoms with van der Waals surface area (Å²) in [6.45, 7) is 1.80. The van der Waals surface area contributed by atoms with Crippen LogP contribution >= 0.6 is 0 Å². The minimum absolute atomic E-state index is 0.00645. The Morgan fingerprint density at radius 2 is 2.06 bits per heavy atom. The number of nitrogens with one attached hydrogen (secondary N) is 2. The highest BCUT2D eigenvalue weighted by atomic mass is 16.5. The number of para-hydroxylation sites is 2. The number of carbonyl (C=O) groups excluding carboxylic acids is 1. The molecule has 94 valence electrons. The molecule has 5 nitrogen and oxygen atoms in total. The highest BCUT2D eigenvalue weighted by molar-refractivity contribution is 5.90. The second-order valence-electron chi connectivity index (χ2n) is 4.46. The maximum atomic E-state index is 11.9. The molecule has 1 fully saturated rings. The van der Waals surface area contributed by atoms with Crippen LogP contribution in [-0.4, -0.2) is 35.1 Å². The standard InChI is InChI=1S/C13H15N3O2/c17-13(18-9-5-7-14-8-6-9)12-15-10-3-1-2-4-11(10)16-12/h1-4,9,14H,5-8H2,(H,15,16). The van der Waals surface area contributed by atoms with Gasteiger partial charge in [0.15, 0.2) is 0 Å². The summed E-state index contributed by atoms with van der Waals surface area (Å²) in [6.07, 6.45) is 1.74. The molecule has 0 saturated carbocycles. The largest absolute Gasteiger partial charge is 0.456 e. The lowest BCUT2D eigenvalue weighted by molar-refractivity contribution is 0.0217. The summed E-state index contributed by atoms with van der Waals surface area (Å²) in [7, 11) is 0. The normalized spacial score (nSPS) is 16.9. The topological polar surface area (TPSA) is 67.0 Å². The van der Waals surface area contributed by atoms with Crippen LogP contribution in [0.4, 0.5) is 0 Å². The number of aromatic nitrogens is 2.